The lowest BCUT2D eigenvalue weighted by Gasteiger charge is -2.06. The van der Waals surface area contributed by atoms with Crippen molar-refractivity contribution in [3.05, 3.63) is 47.2 Å². The quantitative estimate of drug-likeness (QED) is 0.621. The van der Waals surface area contributed by atoms with Gasteiger partial charge in [-0.25, -0.2) is 4.79 Å². The Labute approximate surface area is 99.3 Å². The number of carbonyl (C=O) groups excluding carboxylic acids is 2. The molecule has 4 heteroatoms. The van der Waals surface area contributed by atoms with Crippen molar-refractivity contribution >= 4 is 11.9 Å². The number of hydrogen-bond donors (Lipinski definition) is 1. The number of cyclic esters (lactones) is 1. The lowest BCUT2D eigenvalue weighted by molar-refractivity contribution is -0.135. The molecule has 17 heavy (non-hydrogen) atoms. The Morgan fingerprint density at radius 1 is 1.29 bits per heavy atom. The van der Waals surface area contributed by atoms with Crippen molar-refractivity contribution in [3.8, 4) is 0 Å². The monoisotopic (exact) mass is 231 g/mol. The molecule has 0 radical (unpaired) electrons. The fourth-order valence-corrected chi connectivity index (χ4v) is 1.68. The van der Waals surface area contributed by atoms with Gasteiger partial charge >= 0.3 is 5.97 Å². The van der Waals surface area contributed by atoms with Crippen LogP contribution >= 0.6 is 0 Å². The van der Waals surface area contributed by atoms with E-state index in [4.69, 9.17) is 4.74 Å². The van der Waals surface area contributed by atoms with E-state index in [0.29, 0.717) is 29.9 Å². The Balaban J connectivity index is 2.12. The average molecular weight is 231 g/mol. The van der Waals surface area contributed by atoms with E-state index in [1.54, 1.807) is 31.2 Å². The normalized spacial score (nSPS) is 17.6. The van der Waals surface area contributed by atoms with E-state index < -0.39 is 0 Å². The molecular weight excluding hydrogens is 218 g/mol. The van der Waals surface area contributed by atoms with E-state index in [0.717, 1.165) is 0 Å². The first-order valence-electron chi connectivity index (χ1n) is 5.42. The van der Waals surface area contributed by atoms with E-state index in [1.807, 2.05) is 6.07 Å². The second-order valence-corrected chi connectivity index (χ2v) is 3.81. The van der Waals surface area contributed by atoms with Gasteiger partial charge in [-0.05, 0) is 19.1 Å². The standard InChI is InChI=1S/C13H13NO3/c1-9(11-7-8-17-13(11)16)14-12(15)10-5-3-2-4-6-10/h2-6H,7-8H2,1H3,(H,14,15)/b11-9-. The molecule has 0 aromatic heterocycles. The molecule has 0 aliphatic carbocycles. The largest absolute Gasteiger partial charge is 0.462 e. The summed E-state index contributed by atoms with van der Waals surface area (Å²) in [5.74, 6) is -0.550. The molecule has 4 nitrogen and oxygen atoms in total. The number of esters is 1. The second-order valence-electron chi connectivity index (χ2n) is 3.81. The van der Waals surface area contributed by atoms with Crippen LogP contribution in [-0.2, 0) is 9.53 Å². The van der Waals surface area contributed by atoms with E-state index in [2.05, 4.69) is 5.32 Å². The Morgan fingerprint density at radius 3 is 2.59 bits per heavy atom. The number of hydrogen-bond acceptors (Lipinski definition) is 3. The van der Waals surface area contributed by atoms with Crippen LogP contribution in [0, 0.1) is 0 Å². The van der Waals surface area contributed by atoms with Gasteiger partial charge in [0.25, 0.3) is 5.91 Å². The molecular formula is C13H13NO3. The van der Waals surface area contributed by atoms with Gasteiger partial charge in [-0.2, -0.15) is 0 Å². The molecule has 2 rings (SSSR count). The van der Waals surface area contributed by atoms with Crippen molar-refractivity contribution in [3.63, 3.8) is 0 Å². The molecule has 0 bridgehead atoms. The van der Waals surface area contributed by atoms with Gasteiger partial charge in [0.2, 0.25) is 0 Å². The second kappa shape index (κ2) is 4.82. The van der Waals surface area contributed by atoms with Crippen LogP contribution in [0.2, 0.25) is 0 Å². The molecule has 1 aliphatic rings. The Kier molecular flexibility index (Phi) is 3.23. The van der Waals surface area contributed by atoms with E-state index in [-0.39, 0.29) is 11.9 Å². The molecule has 0 spiro atoms. The van der Waals surface area contributed by atoms with Crippen LogP contribution in [0.5, 0.6) is 0 Å². The van der Waals surface area contributed by atoms with Crippen molar-refractivity contribution < 1.29 is 14.3 Å². The van der Waals surface area contributed by atoms with Gasteiger partial charge in [-0.3, -0.25) is 4.79 Å². The molecule has 0 saturated carbocycles. The highest BCUT2D eigenvalue weighted by Gasteiger charge is 2.22. The number of allylic oxidation sites excluding steroid dienone is 1. The number of nitrogens with one attached hydrogen (secondary N) is 1. The summed E-state index contributed by atoms with van der Waals surface area (Å²) in [5.41, 5.74) is 1.69. The van der Waals surface area contributed by atoms with Crippen LogP contribution in [0.1, 0.15) is 23.7 Å². The highest BCUT2D eigenvalue weighted by molar-refractivity contribution is 5.97. The smallest absolute Gasteiger partial charge is 0.335 e. The predicted molar refractivity (Wildman–Crippen MR) is 62.2 cm³/mol. The topological polar surface area (TPSA) is 55.4 Å². The molecule has 88 valence electrons. The lowest BCUT2D eigenvalue weighted by Crippen LogP contribution is -2.23. The highest BCUT2D eigenvalue weighted by atomic mass is 16.5. The lowest BCUT2D eigenvalue weighted by atomic mass is 10.1. The molecule has 1 amide bonds. The summed E-state index contributed by atoms with van der Waals surface area (Å²) in [4.78, 5) is 23.1. The van der Waals surface area contributed by atoms with Gasteiger partial charge in [0.05, 0.1) is 12.2 Å². The molecule has 1 aliphatic heterocycles. The fraction of sp³-hybridized carbons (Fsp3) is 0.231. The van der Waals surface area contributed by atoms with E-state index >= 15 is 0 Å². The average Bonchev–Trinajstić information content (AvgIpc) is 2.76. The number of benzene rings is 1. The van der Waals surface area contributed by atoms with Crippen LogP contribution in [0.3, 0.4) is 0 Å². The van der Waals surface area contributed by atoms with Gasteiger partial charge in [-0.1, -0.05) is 18.2 Å². The van der Waals surface area contributed by atoms with E-state index in [1.165, 1.54) is 0 Å². The van der Waals surface area contributed by atoms with Crippen LogP contribution in [0.4, 0.5) is 0 Å². The van der Waals surface area contributed by atoms with Crippen molar-refractivity contribution in [2.45, 2.75) is 13.3 Å². The molecule has 1 aromatic carbocycles. The zero-order valence-corrected chi connectivity index (χ0v) is 9.53. The minimum absolute atomic E-state index is 0.213. The van der Waals surface area contributed by atoms with Gasteiger partial charge in [0.1, 0.15) is 0 Å². The first-order chi connectivity index (χ1) is 8.18. The first kappa shape index (κ1) is 11.4. The van der Waals surface area contributed by atoms with Gasteiger partial charge in [0.15, 0.2) is 0 Å². The molecule has 0 atom stereocenters. The number of rotatable bonds is 2. The summed E-state index contributed by atoms with van der Waals surface area (Å²) in [7, 11) is 0. The fourth-order valence-electron chi connectivity index (χ4n) is 1.68. The third-order valence-corrected chi connectivity index (χ3v) is 2.62. The molecule has 1 fully saturated rings. The minimum Gasteiger partial charge on any atom is -0.462 e. The van der Waals surface area contributed by atoms with Gasteiger partial charge < -0.3 is 10.1 Å². The van der Waals surface area contributed by atoms with Crippen molar-refractivity contribution in [1.29, 1.82) is 0 Å². The zero-order chi connectivity index (χ0) is 12.3. The number of carbonyl (C=O) groups is 2. The summed E-state index contributed by atoms with van der Waals surface area (Å²) in [6.07, 6.45) is 0.555. The Hall–Kier alpha value is -2.10. The van der Waals surface area contributed by atoms with Crippen molar-refractivity contribution in [2.75, 3.05) is 6.61 Å². The van der Waals surface area contributed by atoms with Gasteiger partial charge in [-0.15, -0.1) is 0 Å². The van der Waals surface area contributed by atoms with Crippen LogP contribution < -0.4 is 5.32 Å². The molecule has 0 unspecified atom stereocenters. The molecule has 1 saturated heterocycles. The maximum Gasteiger partial charge on any atom is 0.335 e. The van der Waals surface area contributed by atoms with Crippen LogP contribution in [-0.4, -0.2) is 18.5 Å². The summed E-state index contributed by atoms with van der Waals surface area (Å²) >= 11 is 0. The predicted octanol–water partition coefficient (Wildman–Crippen LogP) is 1.64. The first-order valence-corrected chi connectivity index (χ1v) is 5.42. The number of ether oxygens (including phenoxy) is 1. The zero-order valence-electron chi connectivity index (χ0n) is 9.53. The minimum atomic E-state index is -0.337. The summed E-state index contributed by atoms with van der Waals surface area (Å²) in [6.45, 7) is 2.11. The van der Waals surface area contributed by atoms with Crippen LogP contribution in [0.15, 0.2) is 41.6 Å². The van der Waals surface area contributed by atoms with Crippen LogP contribution in [0.25, 0.3) is 0 Å². The maximum atomic E-state index is 11.8. The number of amides is 1. The Bertz CT molecular complexity index is 477. The van der Waals surface area contributed by atoms with Crippen molar-refractivity contribution in [2.24, 2.45) is 0 Å². The molecule has 1 N–H and O–H groups in total. The highest BCUT2D eigenvalue weighted by Crippen LogP contribution is 2.16. The third-order valence-electron chi connectivity index (χ3n) is 2.62. The summed E-state index contributed by atoms with van der Waals surface area (Å²) in [5, 5.41) is 2.71. The Morgan fingerprint density at radius 2 is 2.00 bits per heavy atom. The third kappa shape index (κ3) is 2.53. The summed E-state index contributed by atoms with van der Waals surface area (Å²) in [6, 6.07) is 8.87. The summed E-state index contributed by atoms with van der Waals surface area (Å²) < 4.78 is 4.83. The van der Waals surface area contributed by atoms with Crippen molar-refractivity contribution in [1.82, 2.24) is 5.32 Å². The molecule has 1 heterocycles. The maximum absolute atomic E-state index is 11.8. The van der Waals surface area contributed by atoms with E-state index in [9.17, 15) is 9.59 Å². The van der Waals surface area contributed by atoms with Gasteiger partial charge in [0, 0.05) is 17.7 Å². The molecule has 1 aromatic rings. The SMILES string of the molecule is C/C(NC(=O)c1ccccc1)=C1\CCOC1=O.